The van der Waals surface area contributed by atoms with E-state index in [4.69, 9.17) is 0 Å². The van der Waals surface area contributed by atoms with Gasteiger partial charge in [-0.2, -0.15) is 0 Å². The van der Waals surface area contributed by atoms with Gasteiger partial charge in [-0.05, 0) is 12.0 Å². The number of amides is 1. The number of rotatable bonds is 3. The summed E-state index contributed by atoms with van der Waals surface area (Å²) in [4.78, 5) is 21.5. The monoisotopic (exact) mass is 235 g/mol. The zero-order chi connectivity index (χ0) is 12.3. The highest BCUT2D eigenvalue weighted by atomic mass is 16.6. The molecule has 1 aromatic rings. The average Bonchev–Trinajstić information content (AvgIpc) is 2.33. The molecular formula is C11H13N3O3. The summed E-state index contributed by atoms with van der Waals surface area (Å²) < 4.78 is 0. The quantitative estimate of drug-likeness (QED) is 0.580. The zero-order valence-corrected chi connectivity index (χ0v) is 9.18. The Labute approximate surface area is 98.2 Å². The molecule has 0 aromatic heterocycles. The maximum atomic E-state index is 11.5. The van der Waals surface area contributed by atoms with Gasteiger partial charge in [0.2, 0.25) is 5.91 Å². The van der Waals surface area contributed by atoms with Crippen LogP contribution in [0.2, 0.25) is 0 Å². The van der Waals surface area contributed by atoms with Gasteiger partial charge >= 0.3 is 0 Å². The van der Waals surface area contributed by atoms with E-state index in [-0.39, 0.29) is 17.6 Å². The Kier molecular flexibility index (Phi) is 3.34. The van der Waals surface area contributed by atoms with E-state index in [1.165, 1.54) is 12.1 Å². The van der Waals surface area contributed by atoms with Crippen molar-refractivity contribution in [3.63, 3.8) is 0 Å². The molecular weight excluding hydrogens is 222 g/mol. The molecule has 0 aliphatic carbocycles. The Bertz CT molecular complexity index is 430. The van der Waals surface area contributed by atoms with Gasteiger partial charge in [-0.1, -0.05) is 12.1 Å². The topological polar surface area (TPSA) is 84.3 Å². The van der Waals surface area contributed by atoms with Crippen molar-refractivity contribution >= 4 is 11.6 Å². The van der Waals surface area contributed by atoms with Crippen molar-refractivity contribution in [2.45, 2.75) is 12.5 Å². The van der Waals surface area contributed by atoms with Crippen LogP contribution >= 0.6 is 0 Å². The number of hydrogen-bond acceptors (Lipinski definition) is 4. The molecule has 1 aromatic carbocycles. The van der Waals surface area contributed by atoms with E-state index in [9.17, 15) is 14.9 Å². The number of nitro benzene ring substituents is 1. The van der Waals surface area contributed by atoms with Crippen molar-refractivity contribution < 1.29 is 9.72 Å². The molecule has 1 saturated heterocycles. The highest BCUT2D eigenvalue weighted by Crippen LogP contribution is 2.13. The van der Waals surface area contributed by atoms with E-state index in [0.29, 0.717) is 13.0 Å². The summed E-state index contributed by atoms with van der Waals surface area (Å²) in [5, 5.41) is 16.4. The van der Waals surface area contributed by atoms with Crippen molar-refractivity contribution in [2.24, 2.45) is 0 Å². The lowest BCUT2D eigenvalue weighted by Gasteiger charge is -2.23. The summed E-state index contributed by atoms with van der Waals surface area (Å²) in [6.45, 7) is 1.40. The fraction of sp³-hybridized carbons (Fsp3) is 0.364. The lowest BCUT2D eigenvalue weighted by atomic mass is 10.0. The van der Waals surface area contributed by atoms with Crippen LogP contribution in [0.5, 0.6) is 0 Å². The van der Waals surface area contributed by atoms with Crippen molar-refractivity contribution in [1.29, 1.82) is 0 Å². The van der Waals surface area contributed by atoms with Crippen LogP contribution in [0.3, 0.4) is 0 Å². The summed E-state index contributed by atoms with van der Waals surface area (Å²) >= 11 is 0. The van der Waals surface area contributed by atoms with Crippen LogP contribution in [0, 0.1) is 10.1 Å². The Morgan fingerprint density at radius 1 is 1.29 bits per heavy atom. The summed E-state index contributed by atoms with van der Waals surface area (Å²) in [5.74, 6) is -0.0189. The Balaban J connectivity index is 2.03. The van der Waals surface area contributed by atoms with Gasteiger partial charge in [0.25, 0.3) is 5.69 Å². The number of non-ortho nitro benzene ring substituents is 1. The molecule has 0 radical (unpaired) electrons. The normalized spacial score (nSPS) is 19.8. The minimum atomic E-state index is -0.435. The number of benzene rings is 1. The Hall–Kier alpha value is -1.95. The van der Waals surface area contributed by atoms with Crippen molar-refractivity contribution in [1.82, 2.24) is 10.6 Å². The van der Waals surface area contributed by atoms with Gasteiger partial charge in [0.1, 0.15) is 0 Å². The van der Waals surface area contributed by atoms with Gasteiger partial charge in [-0.3, -0.25) is 14.9 Å². The number of carbonyl (C=O) groups excluding carboxylic acids is 1. The largest absolute Gasteiger partial charge is 0.353 e. The molecule has 0 saturated carbocycles. The molecule has 6 heteroatoms. The van der Waals surface area contributed by atoms with Gasteiger partial charge < -0.3 is 10.6 Å². The van der Waals surface area contributed by atoms with E-state index in [1.807, 2.05) is 0 Å². The molecule has 2 rings (SSSR count). The van der Waals surface area contributed by atoms with Crippen LogP contribution in [0.15, 0.2) is 24.3 Å². The van der Waals surface area contributed by atoms with E-state index >= 15 is 0 Å². The fourth-order valence-corrected chi connectivity index (χ4v) is 1.80. The third-order valence-corrected chi connectivity index (χ3v) is 2.72. The standard InChI is InChI=1S/C11H13N3O3/c15-11-10(12-5-6-13-11)7-8-1-3-9(4-2-8)14(16)17/h1-4,10,12H,5-7H2,(H,13,15)/t10-/m0/s1. The first kappa shape index (κ1) is 11.5. The van der Waals surface area contributed by atoms with Crippen LogP contribution in [0.4, 0.5) is 5.69 Å². The summed E-state index contributed by atoms with van der Waals surface area (Å²) in [6, 6.07) is 6.03. The third kappa shape index (κ3) is 2.79. The predicted molar refractivity (Wildman–Crippen MR) is 61.6 cm³/mol. The van der Waals surface area contributed by atoms with Crippen LogP contribution < -0.4 is 10.6 Å². The highest BCUT2D eigenvalue weighted by Gasteiger charge is 2.21. The number of carbonyl (C=O) groups is 1. The molecule has 1 amide bonds. The van der Waals surface area contributed by atoms with Gasteiger partial charge in [0.05, 0.1) is 11.0 Å². The van der Waals surface area contributed by atoms with Gasteiger partial charge in [0.15, 0.2) is 0 Å². The van der Waals surface area contributed by atoms with E-state index in [2.05, 4.69) is 10.6 Å². The lowest BCUT2D eigenvalue weighted by Crippen LogP contribution is -2.53. The Morgan fingerprint density at radius 2 is 2.00 bits per heavy atom. The zero-order valence-electron chi connectivity index (χ0n) is 9.18. The summed E-state index contributed by atoms with van der Waals surface area (Å²) in [6.07, 6.45) is 0.545. The van der Waals surface area contributed by atoms with Crippen LogP contribution in [-0.4, -0.2) is 30.0 Å². The van der Waals surface area contributed by atoms with Crippen LogP contribution in [0.1, 0.15) is 5.56 Å². The van der Waals surface area contributed by atoms with Crippen molar-refractivity contribution in [3.05, 3.63) is 39.9 Å². The minimum Gasteiger partial charge on any atom is -0.353 e. The van der Waals surface area contributed by atoms with E-state index in [0.717, 1.165) is 12.1 Å². The molecule has 0 spiro atoms. The molecule has 17 heavy (non-hydrogen) atoms. The number of nitro groups is 1. The molecule has 2 N–H and O–H groups in total. The molecule has 90 valence electrons. The number of nitrogens with zero attached hydrogens (tertiary/aromatic N) is 1. The summed E-state index contributed by atoms with van der Waals surface area (Å²) in [7, 11) is 0. The fourth-order valence-electron chi connectivity index (χ4n) is 1.80. The summed E-state index contributed by atoms with van der Waals surface area (Å²) in [5.41, 5.74) is 0.972. The molecule has 0 unspecified atom stereocenters. The second kappa shape index (κ2) is 4.92. The van der Waals surface area contributed by atoms with Crippen LogP contribution in [-0.2, 0) is 11.2 Å². The molecule has 1 aliphatic rings. The molecule has 1 heterocycles. The van der Waals surface area contributed by atoms with E-state index < -0.39 is 4.92 Å². The maximum absolute atomic E-state index is 11.5. The third-order valence-electron chi connectivity index (χ3n) is 2.72. The first-order chi connectivity index (χ1) is 8.16. The van der Waals surface area contributed by atoms with Crippen molar-refractivity contribution in [2.75, 3.05) is 13.1 Å². The molecule has 1 fully saturated rings. The van der Waals surface area contributed by atoms with Gasteiger partial charge in [-0.15, -0.1) is 0 Å². The second-order valence-electron chi connectivity index (χ2n) is 3.93. The molecule has 1 atom stereocenters. The first-order valence-corrected chi connectivity index (χ1v) is 5.41. The predicted octanol–water partition coefficient (Wildman–Crippen LogP) is 0.225. The maximum Gasteiger partial charge on any atom is 0.269 e. The first-order valence-electron chi connectivity index (χ1n) is 5.41. The second-order valence-corrected chi connectivity index (χ2v) is 3.93. The molecule has 0 bridgehead atoms. The Morgan fingerprint density at radius 3 is 2.59 bits per heavy atom. The van der Waals surface area contributed by atoms with E-state index in [1.54, 1.807) is 12.1 Å². The van der Waals surface area contributed by atoms with Gasteiger partial charge in [0, 0.05) is 25.2 Å². The average molecular weight is 235 g/mol. The number of hydrogen-bond donors (Lipinski definition) is 2. The van der Waals surface area contributed by atoms with Crippen molar-refractivity contribution in [3.8, 4) is 0 Å². The molecule has 1 aliphatic heterocycles. The smallest absolute Gasteiger partial charge is 0.269 e. The highest BCUT2D eigenvalue weighted by molar-refractivity contribution is 5.82. The lowest BCUT2D eigenvalue weighted by molar-refractivity contribution is -0.384. The SMILES string of the molecule is O=C1NCCN[C@H]1Cc1ccc([N+](=O)[O-])cc1. The molecule has 6 nitrogen and oxygen atoms in total. The van der Waals surface area contributed by atoms with Crippen LogP contribution in [0.25, 0.3) is 0 Å². The number of nitrogens with one attached hydrogen (secondary N) is 2. The number of piperazine rings is 1. The van der Waals surface area contributed by atoms with Gasteiger partial charge in [-0.25, -0.2) is 0 Å². The minimum absolute atomic E-state index is 0.0189.